The Balaban J connectivity index is 2.90. The zero-order valence-corrected chi connectivity index (χ0v) is 11.8. The second kappa shape index (κ2) is 6.64. The van der Waals surface area contributed by atoms with Crippen LogP contribution in [0.15, 0.2) is 22.7 Å². The second-order valence-electron chi connectivity index (χ2n) is 3.86. The summed E-state index contributed by atoms with van der Waals surface area (Å²) in [7, 11) is 0. The number of esters is 1. The molecule has 0 spiro atoms. The van der Waals surface area contributed by atoms with Gasteiger partial charge in [-0.3, -0.25) is 9.59 Å². The van der Waals surface area contributed by atoms with Gasteiger partial charge < -0.3 is 4.74 Å². The van der Waals surface area contributed by atoms with Gasteiger partial charge >= 0.3 is 5.97 Å². The van der Waals surface area contributed by atoms with Crippen molar-refractivity contribution in [3.05, 3.63) is 34.1 Å². The van der Waals surface area contributed by atoms with Gasteiger partial charge in [0.1, 0.15) is 17.5 Å². The summed E-state index contributed by atoms with van der Waals surface area (Å²) >= 11 is 3.15. The number of hydrogen-bond acceptors (Lipinski definition) is 3. The molecule has 0 aliphatic rings. The number of ether oxygens (including phenoxy) is 1. The lowest BCUT2D eigenvalue weighted by molar-refractivity contribution is -0.151. The van der Waals surface area contributed by atoms with Crippen LogP contribution in [0, 0.1) is 11.7 Å². The van der Waals surface area contributed by atoms with Gasteiger partial charge in [-0.25, -0.2) is 4.39 Å². The van der Waals surface area contributed by atoms with Crippen LogP contribution in [0.3, 0.4) is 0 Å². The summed E-state index contributed by atoms with van der Waals surface area (Å²) in [5, 5.41) is 0. The number of carbonyl (C=O) groups is 2. The minimum Gasteiger partial charge on any atom is -0.465 e. The molecule has 0 fully saturated rings. The molecule has 98 valence electrons. The normalized spacial score (nSPS) is 12.0. The lowest BCUT2D eigenvalue weighted by atomic mass is 9.96. The Morgan fingerprint density at radius 3 is 2.61 bits per heavy atom. The topological polar surface area (TPSA) is 43.4 Å². The molecular weight excluding hydrogens is 303 g/mol. The summed E-state index contributed by atoms with van der Waals surface area (Å²) in [5.74, 6) is -2.32. The maximum Gasteiger partial charge on any atom is 0.316 e. The molecule has 1 unspecified atom stereocenters. The van der Waals surface area contributed by atoms with Crippen molar-refractivity contribution in [1.29, 1.82) is 0 Å². The molecule has 5 heteroatoms. The van der Waals surface area contributed by atoms with Gasteiger partial charge in [0.15, 0.2) is 0 Å². The minimum atomic E-state index is -0.944. The molecule has 1 rings (SSSR count). The molecule has 0 aliphatic carbocycles. The van der Waals surface area contributed by atoms with E-state index < -0.39 is 17.7 Å². The Kier molecular flexibility index (Phi) is 5.47. The fourth-order valence-electron chi connectivity index (χ4n) is 1.54. The van der Waals surface area contributed by atoms with E-state index in [1.54, 1.807) is 19.1 Å². The quantitative estimate of drug-likeness (QED) is 0.619. The van der Waals surface area contributed by atoms with Gasteiger partial charge in [-0.05, 0) is 38.0 Å². The van der Waals surface area contributed by atoms with Crippen LogP contribution in [0.5, 0.6) is 0 Å². The number of carbonyl (C=O) groups excluding carboxylic acids is 2. The summed E-state index contributed by atoms with van der Waals surface area (Å²) < 4.78 is 19.1. The van der Waals surface area contributed by atoms with Crippen molar-refractivity contribution < 1.29 is 18.7 Å². The first kappa shape index (κ1) is 14.8. The predicted molar refractivity (Wildman–Crippen MR) is 68.6 cm³/mol. The van der Waals surface area contributed by atoms with Crippen LogP contribution in [0.1, 0.15) is 19.4 Å². The largest absolute Gasteiger partial charge is 0.465 e. The number of hydrogen-bond donors (Lipinski definition) is 0. The van der Waals surface area contributed by atoms with E-state index in [-0.39, 0.29) is 18.8 Å². The summed E-state index contributed by atoms with van der Waals surface area (Å²) in [5.41, 5.74) is 0.325. The van der Waals surface area contributed by atoms with Crippen molar-refractivity contribution in [2.75, 3.05) is 6.61 Å². The van der Waals surface area contributed by atoms with Crippen LogP contribution in [0.4, 0.5) is 4.39 Å². The van der Waals surface area contributed by atoms with Crippen LogP contribution in [-0.4, -0.2) is 18.4 Å². The van der Waals surface area contributed by atoms with Crippen molar-refractivity contribution in [2.45, 2.75) is 20.3 Å². The van der Waals surface area contributed by atoms with Crippen LogP contribution >= 0.6 is 15.9 Å². The SMILES string of the molecule is CCOC(=O)C(Cc1ccc(Br)cc1F)C(C)=O. The van der Waals surface area contributed by atoms with Gasteiger partial charge in [0, 0.05) is 4.47 Å². The summed E-state index contributed by atoms with van der Waals surface area (Å²) in [6.45, 7) is 3.17. The Labute approximate surface area is 113 Å². The molecule has 1 aromatic rings. The van der Waals surface area contributed by atoms with E-state index in [1.807, 2.05) is 0 Å². The third-order valence-corrected chi connectivity index (χ3v) is 2.99. The van der Waals surface area contributed by atoms with Crippen LogP contribution in [-0.2, 0) is 20.7 Å². The van der Waals surface area contributed by atoms with Gasteiger partial charge in [-0.2, -0.15) is 0 Å². The zero-order chi connectivity index (χ0) is 13.7. The standard InChI is InChI=1S/C13H14BrFO3/c1-3-18-13(17)11(8(2)16)6-9-4-5-10(14)7-12(9)15/h4-5,7,11H,3,6H2,1-2H3. The van der Waals surface area contributed by atoms with E-state index in [0.717, 1.165) is 0 Å². The van der Waals surface area contributed by atoms with Gasteiger partial charge in [0.2, 0.25) is 0 Å². The average Bonchev–Trinajstić information content (AvgIpc) is 2.27. The van der Waals surface area contributed by atoms with Crippen molar-refractivity contribution in [1.82, 2.24) is 0 Å². The maximum absolute atomic E-state index is 13.6. The lowest BCUT2D eigenvalue weighted by Crippen LogP contribution is -2.26. The molecule has 0 aromatic heterocycles. The van der Waals surface area contributed by atoms with Gasteiger partial charge in [-0.1, -0.05) is 22.0 Å². The van der Waals surface area contributed by atoms with E-state index in [1.165, 1.54) is 13.0 Å². The first-order valence-electron chi connectivity index (χ1n) is 5.56. The third kappa shape index (κ3) is 3.91. The zero-order valence-electron chi connectivity index (χ0n) is 10.2. The molecule has 0 radical (unpaired) electrons. The fourth-order valence-corrected chi connectivity index (χ4v) is 1.88. The van der Waals surface area contributed by atoms with E-state index in [4.69, 9.17) is 4.74 Å². The summed E-state index contributed by atoms with van der Waals surface area (Å²) in [4.78, 5) is 23.0. The molecule has 18 heavy (non-hydrogen) atoms. The fraction of sp³-hybridized carbons (Fsp3) is 0.385. The van der Waals surface area contributed by atoms with Crippen molar-refractivity contribution in [3.63, 3.8) is 0 Å². The highest BCUT2D eigenvalue weighted by atomic mass is 79.9. The molecule has 0 aliphatic heterocycles. The molecule has 0 N–H and O–H groups in total. The monoisotopic (exact) mass is 316 g/mol. The Hall–Kier alpha value is -1.23. The highest BCUT2D eigenvalue weighted by molar-refractivity contribution is 9.10. The van der Waals surface area contributed by atoms with E-state index in [2.05, 4.69) is 15.9 Å². The Morgan fingerprint density at radius 2 is 2.11 bits per heavy atom. The number of rotatable bonds is 5. The molecule has 3 nitrogen and oxygen atoms in total. The second-order valence-corrected chi connectivity index (χ2v) is 4.77. The Bertz CT molecular complexity index is 460. The molecule has 0 heterocycles. The minimum absolute atomic E-state index is 0.0211. The predicted octanol–water partition coefficient (Wildman–Crippen LogP) is 2.90. The third-order valence-electron chi connectivity index (χ3n) is 2.50. The number of benzene rings is 1. The van der Waals surface area contributed by atoms with Crippen molar-refractivity contribution in [2.24, 2.45) is 5.92 Å². The van der Waals surface area contributed by atoms with Crippen LogP contribution in [0.2, 0.25) is 0 Å². The van der Waals surface area contributed by atoms with E-state index >= 15 is 0 Å². The number of ketones is 1. The van der Waals surface area contributed by atoms with Gasteiger partial charge in [0.25, 0.3) is 0 Å². The highest BCUT2D eigenvalue weighted by Crippen LogP contribution is 2.19. The van der Waals surface area contributed by atoms with Crippen molar-refractivity contribution >= 4 is 27.7 Å². The van der Waals surface area contributed by atoms with Crippen LogP contribution in [0.25, 0.3) is 0 Å². The van der Waals surface area contributed by atoms with E-state index in [0.29, 0.717) is 10.0 Å². The molecule has 0 amide bonds. The van der Waals surface area contributed by atoms with Crippen LogP contribution < -0.4 is 0 Å². The lowest BCUT2D eigenvalue weighted by Gasteiger charge is -2.13. The Morgan fingerprint density at radius 1 is 1.44 bits per heavy atom. The molecule has 1 atom stereocenters. The molecule has 0 bridgehead atoms. The molecule has 0 saturated carbocycles. The molecule has 1 aromatic carbocycles. The number of Topliss-reactive ketones (excluding diaryl/α,β-unsaturated/α-hetero) is 1. The van der Waals surface area contributed by atoms with Crippen molar-refractivity contribution in [3.8, 4) is 0 Å². The first-order chi connectivity index (χ1) is 8.45. The smallest absolute Gasteiger partial charge is 0.316 e. The molecular formula is C13H14BrFO3. The number of halogens is 2. The van der Waals surface area contributed by atoms with Gasteiger partial charge in [-0.15, -0.1) is 0 Å². The first-order valence-corrected chi connectivity index (χ1v) is 6.36. The maximum atomic E-state index is 13.6. The molecule has 0 saturated heterocycles. The summed E-state index contributed by atoms with van der Waals surface area (Å²) in [6.07, 6.45) is 0.0211. The average molecular weight is 317 g/mol. The summed E-state index contributed by atoms with van der Waals surface area (Å²) in [6, 6.07) is 4.52. The van der Waals surface area contributed by atoms with E-state index in [9.17, 15) is 14.0 Å². The highest BCUT2D eigenvalue weighted by Gasteiger charge is 2.26. The van der Waals surface area contributed by atoms with Gasteiger partial charge in [0.05, 0.1) is 6.61 Å².